The van der Waals surface area contributed by atoms with Crippen molar-refractivity contribution < 1.29 is 18.3 Å². The highest BCUT2D eigenvalue weighted by Crippen LogP contribution is 2.44. The van der Waals surface area contributed by atoms with Crippen LogP contribution >= 0.6 is 23.4 Å². The number of aromatic nitrogens is 3. The van der Waals surface area contributed by atoms with E-state index in [1.807, 2.05) is 16.8 Å². The Kier molecular flexibility index (Phi) is 5.31. The number of carbonyl (C=O) groups excluding carboxylic acids is 1. The van der Waals surface area contributed by atoms with Gasteiger partial charge in [0.05, 0.1) is 6.04 Å². The van der Waals surface area contributed by atoms with Crippen molar-refractivity contribution in [1.29, 1.82) is 0 Å². The smallest absolute Gasteiger partial charge is 0.387 e. The molecule has 3 aromatic rings. The van der Waals surface area contributed by atoms with Gasteiger partial charge in [0.15, 0.2) is 11.6 Å². The van der Waals surface area contributed by atoms with E-state index < -0.39 is 11.9 Å². The molecule has 10 heteroatoms. The number of ether oxygens (including phenoxy) is 1. The Hall–Kier alpha value is -2.65. The summed E-state index contributed by atoms with van der Waals surface area (Å²) in [4.78, 5) is 13.4. The molecule has 1 aliphatic heterocycles. The van der Waals surface area contributed by atoms with Crippen molar-refractivity contribution in [3.63, 3.8) is 0 Å². The van der Waals surface area contributed by atoms with Crippen LogP contribution in [0.2, 0.25) is 5.02 Å². The summed E-state index contributed by atoms with van der Waals surface area (Å²) in [6.07, 6.45) is 2.15. The number of benzene rings is 2. The molecule has 5 rings (SSSR count). The quantitative estimate of drug-likeness (QED) is 0.517. The van der Waals surface area contributed by atoms with Gasteiger partial charge in [-0.05, 0) is 54.8 Å². The van der Waals surface area contributed by atoms with E-state index in [1.165, 1.54) is 36.0 Å². The predicted molar refractivity (Wildman–Crippen MR) is 113 cm³/mol. The fourth-order valence-corrected chi connectivity index (χ4v) is 4.85. The minimum absolute atomic E-state index is 0.00374. The van der Waals surface area contributed by atoms with Crippen LogP contribution < -0.4 is 10.2 Å². The second-order valence-electron chi connectivity index (χ2n) is 7.41. The predicted octanol–water partition coefficient (Wildman–Crippen LogP) is 5.05. The van der Waals surface area contributed by atoms with Crippen LogP contribution in [0.4, 0.5) is 8.78 Å². The van der Waals surface area contributed by atoms with E-state index in [4.69, 9.17) is 11.6 Å². The maximum absolute atomic E-state index is 13.4. The molecule has 31 heavy (non-hydrogen) atoms. The minimum Gasteiger partial charge on any atom is -0.435 e. The van der Waals surface area contributed by atoms with Crippen LogP contribution in [0.15, 0.2) is 53.7 Å². The lowest BCUT2D eigenvalue weighted by Gasteiger charge is -2.33. The fourth-order valence-electron chi connectivity index (χ4n) is 3.56. The average molecular weight is 463 g/mol. The molecule has 6 nitrogen and oxygen atoms in total. The number of carbonyl (C=O) groups is 1. The maximum atomic E-state index is 13.4. The number of thioether (sulfide) groups is 1. The van der Waals surface area contributed by atoms with E-state index in [-0.39, 0.29) is 17.6 Å². The lowest BCUT2D eigenvalue weighted by Crippen LogP contribution is -2.39. The highest BCUT2D eigenvalue weighted by atomic mass is 35.5. The van der Waals surface area contributed by atoms with E-state index in [9.17, 15) is 13.6 Å². The normalized spacial score (nSPS) is 20.3. The van der Waals surface area contributed by atoms with Crippen LogP contribution in [0.25, 0.3) is 0 Å². The van der Waals surface area contributed by atoms with Gasteiger partial charge in [0.2, 0.25) is 5.16 Å². The van der Waals surface area contributed by atoms with Gasteiger partial charge < -0.3 is 10.2 Å². The molecule has 0 bridgehead atoms. The molecule has 160 valence electrons. The van der Waals surface area contributed by atoms with Gasteiger partial charge in [-0.25, -0.2) is 4.68 Å². The monoisotopic (exact) mass is 462 g/mol. The second kappa shape index (κ2) is 8.12. The van der Waals surface area contributed by atoms with Gasteiger partial charge in [-0.2, -0.15) is 8.78 Å². The fraction of sp³-hybridized carbons (Fsp3) is 0.286. The largest absolute Gasteiger partial charge is 0.435 e. The standard InChI is InChI=1S/C21H17ClF2N4O2S/c22-14-7-3-11(4-8-14)16-18(17(29)12-5-9-15(10-6-12)30-20(23)24)31-21-26-25-19(13-1-2-13)28(21)27-16/h3-10,13,16,18,20,27H,1-2H2. The lowest BCUT2D eigenvalue weighted by molar-refractivity contribution is -0.0498. The van der Waals surface area contributed by atoms with Gasteiger partial charge >= 0.3 is 6.61 Å². The van der Waals surface area contributed by atoms with Crippen LogP contribution in [-0.2, 0) is 0 Å². The zero-order valence-corrected chi connectivity index (χ0v) is 17.6. The zero-order valence-electron chi connectivity index (χ0n) is 16.0. The molecule has 0 radical (unpaired) electrons. The number of nitrogens with one attached hydrogen (secondary N) is 1. The Morgan fingerprint density at radius 1 is 1.13 bits per heavy atom. The molecule has 1 aliphatic carbocycles. The molecule has 2 heterocycles. The summed E-state index contributed by atoms with van der Waals surface area (Å²) in [6, 6.07) is 12.7. The summed E-state index contributed by atoms with van der Waals surface area (Å²) in [5.74, 6) is 1.11. The van der Waals surface area contributed by atoms with Crippen molar-refractivity contribution in [3.8, 4) is 5.75 Å². The first-order valence-electron chi connectivity index (χ1n) is 9.72. The Morgan fingerprint density at radius 2 is 1.84 bits per heavy atom. The molecule has 2 aliphatic rings. The molecule has 1 fully saturated rings. The SMILES string of the molecule is O=C(c1ccc(OC(F)F)cc1)C1Sc2nnc(C3CC3)n2NC1c1ccc(Cl)cc1. The number of hydrogen-bond acceptors (Lipinski definition) is 6. The first-order valence-corrected chi connectivity index (χ1v) is 11.0. The van der Waals surface area contributed by atoms with Gasteiger partial charge in [-0.15, -0.1) is 10.2 Å². The molecule has 2 unspecified atom stereocenters. The van der Waals surface area contributed by atoms with E-state index >= 15 is 0 Å². The van der Waals surface area contributed by atoms with Gasteiger partial charge in [-0.1, -0.05) is 35.5 Å². The Labute approximate surface area is 185 Å². The molecule has 1 N–H and O–H groups in total. The number of rotatable bonds is 6. The van der Waals surface area contributed by atoms with E-state index in [1.54, 1.807) is 12.1 Å². The topological polar surface area (TPSA) is 69.0 Å². The van der Waals surface area contributed by atoms with Gasteiger partial charge in [-0.3, -0.25) is 4.79 Å². The van der Waals surface area contributed by atoms with E-state index in [0.29, 0.717) is 21.7 Å². The summed E-state index contributed by atoms with van der Waals surface area (Å²) >= 11 is 7.39. The molecule has 1 saturated carbocycles. The van der Waals surface area contributed by atoms with Crippen molar-refractivity contribution in [3.05, 3.63) is 70.5 Å². The molecule has 2 atom stereocenters. The molecular formula is C21H17ClF2N4O2S. The number of halogens is 3. The van der Waals surface area contributed by atoms with E-state index in [0.717, 1.165) is 24.2 Å². The lowest BCUT2D eigenvalue weighted by atomic mass is 9.97. The summed E-state index contributed by atoms with van der Waals surface area (Å²) < 4.78 is 31.1. The van der Waals surface area contributed by atoms with Crippen LogP contribution in [-0.4, -0.2) is 32.5 Å². The summed E-state index contributed by atoms with van der Waals surface area (Å²) in [5, 5.41) is 9.28. The maximum Gasteiger partial charge on any atom is 0.387 e. The Morgan fingerprint density at radius 3 is 2.48 bits per heavy atom. The Balaban J connectivity index is 1.48. The third-order valence-electron chi connectivity index (χ3n) is 5.26. The second-order valence-corrected chi connectivity index (χ2v) is 8.96. The minimum atomic E-state index is -2.92. The number of fused-ring (bicyclic) bond motifs is 1. The van der Waals surface area contributed by atoms with Crippen molar-refractivity contribution in [2.24, 2.45) is 0 Å². The number of alkyl halides is 2. The van der Waals surface area contributed by atoms with Crippen LogP contribution in [0, 0.1) is 0 Å². The molecule has 0 amide bonds. The first kappa shape index (κ1) is 20.3. The van der Waals surface area contributed by atoms with Gasteiger partial charge in [0, 0.05) is 16.5 Å². The van der Waals surface area contributed by atoms with E-state index in [2.05, 4.69) is 20.4 Å². The molecular weight excluding hydrogens is 446 g/mol. The number of Topliss-reactive ketones (excluding diaryl/α,β-unsaturated/α-hetero) is 1. The summed E-state index contributed by atoms with van der Waals surface area (Å²) in [7, 11) is 0. The summed E-state index contributed by atoms with van der Waals surface area (Å²) in [6.45, 7) is -2.92. The number of ketones is 1. The van der Waals surface area contributed by atoms with Crippen LogP contribution in [0.1, 0.15) is 46.5 Å². The highest BCUT2D eigenvalue weighted by molar-refractivity contribution is 8.00. The van der Waals surface area contributed by atoms with Crippen molar-refractivity contribution in [2.75, 3.05) is 5.43 Å². The van der Waals surface area contributed by atoms with Gasteiger partial charge in [0.1, 0.15) is 11.0 Å². The molecule has 2 aromatic carbocycles. The number of nitrogens with zero attached hydrogens (tertiary/aromatic N) is 3. The van der Waals surface area contributed by atoms with Crippen molar-refractivity contribution in [1.82, 2.24) is 14.9 Å². The van der Waals surface area contributed by atoms with Crippen LogP contribution in [0.5, 0.6) is 5.75 Å². The third kappa shape index (κ3) is 4.12. The molecule has 1 aromatic heterocycles. The average Bonchev–Trinajstić information content (AvgIpc) is 3.52. The van der Waals surface area contributed by atoms with Crippen LogP contribution in [0.3, 0.4) is 0 Å². The third-order valence-corrected chi connectivity index (χ3v) is 6.72. The highest BCUT2D eigenvalue weighted by Gasteiger charge is 2.40. The zero-order chi connectivity index (χ0) is 21.5. The van der Waals surface area contributed by atoms with Crippen molar-refractivity contribution >= 4 is 29.1 Å². The summed E-state index contributed by atoms with van der Waals surface area (Å²) in [5.41, 5.74) is 4.72. The van der Waals surface area contributed by atoms with Crippen molar-refractivity contribution in [2.45, 2.75) is 41.8 Å². The molecule has 0 spiro atoms. The Bertz CT molecular complexity index is 1100. The first-order chi connectivity index (χ1) is 15.0. The molecule has 0 saturated heterocycles. The van der Waals surface area contributed by atoms with Gasteiger partial charge in [0.25, 0.3) is 0 Å². The number of hydrogen-bond donors (Lipinski definition) is 1.